The standard InChI is InChI=1S/C17H24N2OS/c1-12(14-8-6-7-9-15(14)20-5)18-10-13-11-21-16(19-13)17(2,3)4/h6-9,11-12,18H,10H2,1-5H3. The zero-order valence-electron chi connectivity index (χ0n) is 13.4. The van der Waals surface area contributed by atoms with Crippen molar-refractivity contribution in [1.29, 1.82) is 0 Å². The molecule has 0 spiro atoms. The van der Waals surface area contributed by atoms with Gasteiger partial charge in [-0.3, -0.25) is 0 Å². The first-order valence-electron chi connectivity index (χ1n) is 7.23. The van der Waals surface area contributed by atoms with Crippen molar-refractivity contribution in [1.82, 2.24) is 10.3 Å². The molecule has 0 radical (unpaired) electrons. The molecule has 1 aromatic carbocycles. The number of hydrogen-bond acceptors (Lipinski definition) is 4. The van der Waals surface area contributed by atoms with Crippen molar-refractivity contribution < 1.29 is 4.74 Å². The van der Waals surface area contributed by atoms with Gasteiger partial charge in [0, 0.05) is 28.9 Å². The molecule has 3 nitrogen and oxygen atoms in total. The molecule has 0 aliphatic heterocycles. The highest BCUT2D eigenvalue weighted by Crippen LogP contribution is 2.27. The Morgan fingerprint density at radius 3 is 2.62 bits per heavy atom. The van der Waals surface area contributed by atoms with E-state index in [-0.39, 0.29) is 11.5 Å². The Balaban J connectivity index is 2.01. The smallest absolute Gasteiger partial charge is 0.123 e. The van der Waals surface area contributed by atoms with E-state index in [4.69, 9.17) is 9.72 Å². The van der Waals surface area contributed by atoms with E-state index in [0.717, 1.165) is 18.0 Å². The Labute approximate surface area is 131 Å². The summed E-state index contributed by atoms with van der Waals surface area (Å²) in [6.07, 6.45) is 0. The number of para-hydroxylation sites is 1. The number of nitrogens with one attached hydrogen (secondary N) is 1. The molecule has 1 heterocycles. The lowest BCUT2D eigenvalue weighted by Crippen LogP contribution is -2.19. The molecule has 0 aliphatic rings. The molecule has 2 aromatic rings. The molecule has 0 saturated carbocycles. The van der Waals surface area contributed by atoms with Crippen LogP contribution in [0.1, 0.15) is 50.0 Å². The lowest BCUT2D eigenvalue weighted by molar-refractivity contribution is 0.401. The molecule has 1 N–H and O–H groups in total. The molecule has 1 atom stereocenters. The lowest BCUT2D eigenvalue weighted by Gasteiger charge is -2.17. The van der Waals surface area contributed by atoms with Gasteiger partial charge >= 0.3 is 0 Å². The molecule has 0 fully saturated rings. The molecule has 0 amide bonds. The number of nitrogens with zero attached hydrogens (tertiary/aromatic N) is 1. The van der Waals surface area contributed by atoms with Crippen LogP contribution >= 0.6 is 11.3 Å². The second-order valence-electron chi connectivity index (χ2n) is 6.24. The average molecular weight is 304 g/mol. The van der Waals surface area contributed by atoms with Gasteiger partial charge in [0.1, 0.15) is 5.75 Å². The van der Waals surface area contributed by atoms with E-state index < -0.39 is 0 Å². The molecular weight excluding hydrogens is 280 g/mol. The Kier molecular flexibility index (Phi) is 5.01. The van der Waals surface area contributed by atoms with Gasteiger partial charge in [-0.2, -0.15) is 0 Å². The van der Waals surface area contributed by atoms with Crippen molar-refractivity contribution in [2.75, 3.05) is 7.11 Å². The van der Waals surface area contributed by atoms with Gasteiger partial charge in [-0.1, -0.05) is 39.0 Å². The van der Waals surface area contributed by atoms with Gasteiger partial charge in [0.15, 0.2) is 0 Å². The molecule has 4 heteroatoms. The van der Waals surface area contributed by atoms with Crippen molar-refractivity contribution in [2.45, 2.75) is 45.7 Å². The highest BCUT2D eigenvalue weighted by molar-refractivity contribution is 7.09. The summed E-state index contributed by atoms with van der Waals surface area (Å²) in [4.78, 5) is 4.71. The number of benzene rings is 1. The largest absolute Gasteiger partial charge is 0.496 e. The third-order valence-electron chi connectivity index (χ3n) is 3.39. The number of hydrogen-bond donors (Lipinski definition) is 1. The quantitative estimate of drug-likeness (QED) is 0.894. The molecule has 1 unspecified atom stereocenters. The molecule has 0 bridgehead atoms. The van der Waals surface area contributed by atoms with E-state index in [2.05, 4.69) is 44.5 Å². The molecule has 1 aromatic heterocycles. The minimum absolute atomic E-state index is 0.122. The third kappa shape index (κ3) is 4.05. The summed E-state index contributed by atoms with van der Waals surface area (Å²) >= 11 is 1.74. The summed E-state index contributed by atoms with van der Waals surface area (Å²) in [5, 5.41) is 6.84. The summed E-state index contributed by atoms with van der Waals surface area (Å²) in [5.74, 6) is 0.922. The van der Waals surface area contributed by atoms with Crippen LogP contribution in [0.15, 0.2) is 29.6 Å². The number of rotatable bonds is 5. The Hall–Kier alpha value is -1.39. The van der Waals surface area contributed by atoms with Gasteiger partial charge in [-0.25, -0.2) is 4.98 Å². The van der Waals surface area contributed by atoms with Crippen LogP contribution in [0.2, 0.25) is 0 Å². The van der Waals surface area contributed by atoms with Crippen LogP contribution in [0.4, 0.5) is 0 Å². The van der Waals surface area contributed by atoms with Crippen LogP contribution in [0.3, 0.4) is 0 Å². The summed E-state index contributed by atoms with van der Waals surface area (Å²) in [6.45, 7) is 9.50. The number of methoxy groups -OCH3 is 1. The second kappa shape index (κ2) is 6.58. The van der Waals surface area contributed by atoms with E-state index in [1.807, 2.05) is 18.2 Å². The first-order valence-corrected chi connectivity index (χ1v) is 8.11. The first kappa shape index (κ1) is 16.0. The van der Waals surface area contributed by atoms with Crippen molar-refractivity contribution in [2.24, 2.45) is 0 Å². The Morgan fingerprint density at radius 2 is 2.00 bits per heavy atom. The monoisotopic (exact) mass is 304 g/mol. The van der Waals surface area contributed by atoms with Gasteiger partial charge in [0.05, 0.1) is 17.8 Å². The number of ether oxygens (including phenoxy) is 1. The second-order valence-corrected chi connectivity index (χ2v) is 7.10. The zero-order valence-corrected chi connectivity index (χ0v) is 14.3. The van der Waals surface area contributed by atoms with Gasteiger partial charge < -0.3 is 10.1 Å². The fourth-order valence-corrected chi connectivity index (χ4v) is 3.03. The highest BCUT2D eigenvalue weighted by atomic mass is 32.1. The van der Waals surface area contributed by atoms with E-state index >= 15 is 0 Å². The zero-order chi connectivity index (χ0) is 15.5. The maximum absolute atomic E-state index is 5.41. The topological polar surface area (TPSA) is 34.1 Å². The minimum Gasteiger partial charge on any atom is -0.496 e. The van der Waals surface area contributed by atoms with E-state index in [0.29, 0.717) is 0 Å². The average Bonchev–Trinajstić information content (AvgIpc) is 2.93. The predicted molar refractivity (Wildman–Crippen MR) is 89.1 cm³/mol. The normalized spacial score (nSPS) is 13.2. The van der Waals surface area contributed by atoms with E-state index in [1.165, 1.54) is 10.6 Å². The summed E-state index contributed by atoms with van der Waals surface area (Å²) in [5.41, 5.74) is 2.40. The molecule has 2 rings (SSSR count). The van der Waals surface area contributed by atoms with Gasteiger partial charge in [0.25, 0.3) is 0 Å². The van der Waals surface area contributed by atoms with Gasteiger partial charge in [0.2, 0.25) is 0 Å². The van der Waals surface area contributed by atoms with E-state index in [9.17, 15) is 0 Å². The maximum atomic E-state index is 5.41. The van der Waals surface area contributed by atoms with Crippen LogP contribution in [-0.4, -0.2) is 12.1 Å². The van der Waals surface area contributed by atoms with Crippen LogP contribution in [0.5, 0.6) is 5.75 Å². The predicted octanol–water partition coefficient (Wildman–Crippen LogP) is 4.30. The maximum Gasteiger partial charge on any atom is 0.123 e. The Bertz CT molecular complexity index is 586. The van der Waals surface area contributed by atoms with Crippen molar-refractivity contribution in [3.05, 3.63) is 45.9 Å². The SMILES string of the molecule is COc1ccccc1C(C)NCc1csc(C(C)(C)C)n1. The van der Waals surface area contributed by atoms with E-state index in [1.54, 1.807) is 18.4 Å². The van der Waals surface area contributed by atoms with Crippen molar-refractivity contribution in [3.8, 4) is 5.75 Å². The Morgan fingerprint density at radius 1 is 1.29 bits per heavy atom. The summed E-state index contributed by atoms with van der Waals surface area (Å²) < 4.78 is 5.41. The molecule has 21 heavy (non-hydrogen) atoms. The lowest BCUT2D eigenvalue weighted by atomic mass is 9.98. The highest BCUT2D eigenvalue weighted by Gasteiger charge is 2.18. The van der Waals surface area contributed by atoms with Crippen LogP contribution < -0.4 is 10.1 Å². The summed E-state index contributed by atoms with van der Waals surface area (Å²) in [7, 11) is 1.71. The van der Waals surface area contributed by atoms with Crippen molar-refractivity contribution in [3.63, 3.8) is 0 Å². The first-order chi connectivity index (χ1) is 9.91. The van der Waals surface area contributed by atoms with Crippen LogP contribution in [0, 0.1) is 0 Å². The summed E-state index contributed by atoms with van der Waals surface area (Å²) in [6, 6.07) is 8.34. The number of thiazole rings is 1. The van der Waals surface area contributed by atoms with Crippen LogP contribution in [0.25, 0.3) is 0 Å². The fourth-order valence-electron chi connectivity index (χ4n) is 2.12. The van der Waals surface area contributed by atoms with Gasteiger partial charge in [-0.15, -0.1) is 11.3 Å². The minimum atomic E-state index is 0.122. The third-order valence-corrected chi connectivity index (χ3v) is 4.70. The van der Waals surface area contributed by atoms with Crippen molar-refractivity contribution >= 4 is 11.3 Å². The number of aromatic nitrogens is 1. The fraction of sp³-hybridized carbons (Fsp3) is 0.471. The molecule has 0 saturated heterocycles. The molecule has 114 valence electrons. The molecule has 0 aliphatic carbocycles. The molecular formula is C17H24N2OS. The van der Waals surface area contributed by atoms with Gasteiger partial charge in [-0.05, 0) is 13.0 Å². The van der Waals surface area contributed by atoms with Crippen LogP contribution in [-0.2, 0) is 12.0 Å².